The molecular weight excluding hydrogens is 192 g/mol. The molecule has 84 valence electrons. The first-order valence-corrected chi connectivity index (χ1v) is 5.09. The third-order valence-electron chi connectivity index (χ3n) is 2.07. The number of anilines is 2. The van der Waals surface area contributed by atoms with Gasteiger partial charge in [0.2, 0.25) is 0 Å². The van der Waals surface area contributed by atoms with Crippen LogP contribution in [0.2, 0.25) is 0 Å². The maximum absolute atomic E-state index is 5.68. The summed E-state index contributed by atoms with van der Waals surface area (Å²) in [6, 6.07) is 0.235. The fraction of sp³-hybridized carbons (Fsp3) is 0.600. The lowest BCUT2D eigenvalue weighted by molar-refractivity contribution is 0.182. The van der Waals surface area contributed by atoms with Crippen LogP contribution >= 0.6 is 0 Å². The molecule has 0 aliphatic carbocycles. The molecule has 1 aromatic heterocycles. The monoisotopic (exact) mass is 210 g/mol. The zero-order chi connectivity index (χ0) is 11.1. The Morgan fingerprint density at radius 2 is 2.20 bits per heavy atom. The number of nitrogens with one attached hydrogen (secondary N) is 1. The van der Waals surface area contributed by atoms with E-state index in [2.05, 4.69) is 22.2 Å². The first-order valence-electron chi connectivity index (χ1n) is 5.09. The van der Waals surface area contributed by atoms with Gasteiger partial charge in [0.15, 0.2) is 11.6 Å². The molecule has 5 nitrogen and oxygen atoms in total. The van der Waals surface area contributed by atoms with E-state index in [1.165, 1.54) is 0 Å². The molecule has 0 fully saturated rings. The Morgan fingerprint density at radius 1 is 1.47 bits per heavy atom. The smallest absolute Gasteiger partial charge is 0.169 e. The minimum absolute atomic E-state index is 0.235. The Morgan fingerprint density at radius 3 is 2.80 bits per heavy atom. The molecule has 0 amide bonds. The molecule has 0 spiro atoms. The first-order chi connectivity index (χ1) is 7.27. The van der Waals surface area contributed by atoms with Gasteiger partial charge in [-0.15, -0.1) is 0 Å². The minimum atomic E-state index is 0.235. The first kappa shape index (κ1) is 11.7. The predicted octanol–water partition coefficient (Wildman–Crippen LogP) is 1.29. The number of ether oxygens (including phenoxy) is 1. The molecule has 1 atom stereocenters. The Bertz CT molecular complexity index is 287. The van der Waals surface area contributed by atoms with Gasteiger partial charge in [-0.3, -0.25) is 0 Å². The van der Waals surface area contributed by atoms with Crippen LogP contribution < -0.4 is 11.1 Å². The van der Waals surface area contributed by atoms with Gasteiger partial charge < -0.3 is 15.8 Å². The molecule has 1 unspecified atom stereocenters. The lowest BCUT2D eigenvalue weighted by atomic mass is 10.2. The Labute approximate surface area is 90.1 Å². The number of nitrogens with two attached hydrogens (primary N) is 1. The quantitative estimate of drug-likeness (QED) is 0.740. The van der Waals surface area contributed by atoms with E-state index in [-0.39, 0.29) is 6.04 Å². The van der Waals surface area contributed by atoms with Crippen molar-refractivity contribution in [2.24, 2.45) is 0 Å². The van der Waals surface area contributed by atoms with Gasteiger partial charge in [0, 0.05) is 19.5 Å². The topological polar surface area (TPSA) is 73.1 Å². The van der Waals surface area contributed by atoms with Crippen molar-refractivity contribution in [3.05, 3.63) is 12.4 Å². The number of nitrogens with zero attached hydrogens (tertiary/aromatic N) is 2. The fourth-order valence-corrected chi connectivity index (χ4v) is 1.40. The Balaban J connectivity index is 2.60. The molecular formula is C10H18N4O. The average molecular weight is 210 g/mol. The lowest BCUT2D eigenvalue weighted by Gasteiger charge is -2.18. The number of aromatic nitrogens is 2. The minimum Gasteiger partial charge on any atom is -0.383 e. The van der Waals surface area contributed by atoms with Gasteiger partial charge in [-0.2, -0.15) is 0 Å². The SMILES string of the molecule is CCCC(COC)Nc1nccnc1N. The number of nitrogen functional groups attached to an aromatic ring is 1. The van der Waals surface area contributed by atoms with Gasteiger partial charge in [0.05, 0.1) is 12.6 Å². The van der Waals surface area contributed by atoms with Crippen molar-refractivity contribution in [3.63, 3.8) is 0 Å². The van der Waals surface area contributed by atoms with Crippen molar-refractivity contribution in [1.29, 1.82) is 0 Å². The lowest BCUT2D eigenvalue weighted by Crippen LogP contribution is -2.25. The summed E-state index contributed by atoms with van der Waals surface area (Å²) in [6.45, 7) is 2.77. The van der Waals surface area contributed by atoms with Crippen molar-refractivity contribution in [2.45, 2.75) is 25.8 Å². The van der Waals surface area contributed by atoms with Crippen LogP contribution in [0.4, 0.5) is 11.6 Å². The maximum atomic E-state index is 5.68. The highest BCUT2D eigenvalue weighted by Gasteiger charge is 2.09. The Kier molecular flexibility index (Phi) is 4.83. The summed E-state index contributed by atoms with van der Waals surface area (Å²) < 4.78 is 5.12. The second-order valence-corrected chi connectivity index (χ2v) is 3.38. The largest absolute Gasteiger partial charge is 0.383 e. The van der Waals surface area contributed by atoms with Crippen molar-refractivity contribution >= 4 is 11.6 Å². The van der Waals surface area contributed by atoms with E-state index in [4.69, 9.17) is 10.5 Å². The molecule has 3 N–H and O–H groups in total. The van der Waals surface area contributed by atoms with Crippen molar-refractivity contribution < 1.29 is 4.74 Å². The number of methoxy groups -OCH3 is 1. The molecule has 0 saturated heterocycles. The molecule has 5 heteroatoms. The number of hydrogen-bond donors (Lipinski definition) is 2. The molecule has 0 bridgehead atoms. The van der Waals surface area contributed by atoms with Crippen LogP contribution in [0, 0.1) is 0 Å². The zero-order valence-electron chi connectivity index (χ0n) is 9.23. The van der Waals surface area contributed by atoms with Crippen molar-refractivity contribution in [2.75, 3.05) is 24.8 Å². The van der Waals surface area contributed by atoms with Crippen LogP contribution in [-0.2, 0) is 4.74 Å². The Hall–Kier alpha value is -1.36. The van der Waals surface area contributed by atoms with Crippen LogP contribution in [0.5, 0.6) is 0 Å². The van der Waals surface area contributed by atoms with Crippen LogP contribution in [0.15, 0.2) is 12.4 Å². The van der Waals surface area contributed by atoms with Gasteiger partial charge in [-0.1, -0.05) is 13.3 Å². The highest BCUT2D eigenvalue weighted by molar-refractivity contribution is 5.55. The van der Waals surface area contributed by atoms with E-state index in [0.717, 1.165) is 12.8 Å². The predicted molar refractivity (Wildman–Crippen MR) is 60.6 cm³/mol. The van der Waals surface area contributed by atoms with Gasteiger partial charge >= 0.3 is 0 Å². The molecule has 0 aliphatic heterocycles. The summed E-state index contributed by atoms with van der Waals surface area (Å²) in [7, 11) is 1.68. The van der Waals surface area contributed by atoms with E-state index in [1.807, 2.05) is 0 Å². The van der Waals surface area contributed by atoms with E-state index >= 15 is 0 Å². The van der Waals surface area contributed by atoms with Crippen LogP contribution in [0.1, 0.15) is 19.8 Å². The van der Waals surface area contributed by atoms with Gasteiger partial charge in [-0.25, -0.2) is 9.97 Å². The van der Waals surface area contributed by atoms with Gasteiger partial charge in [-0.05, 0) is 6.42 Å². The number of hydrogen-bond acceptors (Lipinski definition) is 5. The normalized spacial score (nSPS) is 12.4. The van der Waals surface area contributed by atoms with Gasteiger partial charge in [0.25, 0.3) is 0 Å². The summed E-state index contributed by atoms with van der Waals surface area (Å²) >= 11 is 0. The van der Waals surface area contributed by atoms with Crippen LogP contribution in [0.25, 0.3) is 0 Å². The molecule has 1 heterocycles. The van der Waals surface area contributed by atoms with Crippen molar-refractivity contribution in [3.8, 4) is 0 Å². The summed E-state index contributed by atoms with van der Waals surface area (Å²) in [6.07, 6.45) is 5.30. The van der Waals surface area contributed by atoms with Crippen LogP contribution in [0.3, 0.4) is 0 Å². The third-order valence-corrected chi connectivity index (χ3v) is 2.07. The molecule has 15 heavy (non-hydrogen) atoms. The van der Waals surface area contributed by atoms with E-state index in [1.54, 1.807) is 19.5 Å². The van der Waals surface area contributed by atoms with E-state index in [9.17, 15) is 0 Å². The summed E-state index contributed by atoms with van der Waals surface area (Å²) in [5.41, 5.74) is 5.68. The fourth-order valence-electron chi connectivity index (χ4n) is 1.40. The highest BCUT2D eigenvalue weighted by Crippen LogP contribution is 2.13. The second kappa shape index (κ2) is 6.19. The molecule has 1 rings (SSSR count). The molecule has 0 radical (unpaired) electrons. The summed E-state index contributed by atoms with van der Waals surface area (Å²) in [5, 5.41) is 3.23. The standard InChI is InChI=1S/C10H18N4O/c1-3-4-8(7-15-2)14-10-9(11)12-5-6-13-10/h5-6,8H,3-4,7H2,1-2H3,(H2,11,12)(H,13,14). The molecule has 0 aromatic carbocycles. The third kappa shape index (κ3) is 3.71. The van der Waals surface area contributed by atoms with E-state index in [0.29, 0.717) is 18.2 Å². The maximum Gasteiger partial charge on any atom is 0.169 e. The molecule has 0 saturated carbocycles. The molecule has 1 aromatic rings. The number of rotatable bonds is 6. The molecule has 0 aliphatic rings. The zero-order valence-corrected chi connectivity index (χ0v) is 9.23. The average Bonchev–Trinajstić information content (AvgIpc) is 2.22. The highest BCUT2D eigenvalue weighted by atomic mass is 16.5. The second-order valence-electron chi connectivity index (χ2n) is 3.38. The van der Waals surface area contributed by atoms with Crippen LogP contribution in [-0.4, -0.2) is 29.7 Å². The summed E-state index contributed by atoms with van der Waals surface area (Å²) in [5.74, 6) is 1.06. The summed E-state index contributed by atoms with van der Waals surface area (Å²) in [4.78, 5) is 8.09. The van der Waals surface area contributed by atoms with Gasteiger partial charge in [0.1, 0.15) is 0 Å². The van der Waals surface area contributed by atoms with Crippen molar-refractivity contribution in [1.82, 2.24) is 9.97 Å². The van der Waals surface area contributed by atoms with E-state index < -0.39 is 0 Å².